The van der Waals surface area contributed by atoms with E-state index in [1.807, 2.05) is 0 Å². The van der Waals surface area contributed by atoms with Gasteiger partial charge in [-0.2, -0.15) is 0 Å². The minimum absolute atomic E-state index is 0.120. The zero-order valence-electron chi connectivity index (χ0n) is 10.6. The van der Waals surface area contributed by atoms with Crippen molar-refractivity contribution in [3.8, 4) is 0 Å². The van der Waals surface area contributed by atoms with E-state index in [9.17, 15) is 13.6 Å². The minimum atomic E-state index is -0.735. The molecule has 0 saturated carbocycles. The van der Waals surface area contributed by atoms with Crippen LogP contribution in [0.25, 0.3) is 0 Å². The third-order valence-corrected chi connectivity index (χ3v) is 2.69. The molecule has 20 heavy (non-hydrogen) atoms. The number of ether oxygens (including phenoxy) is 1. The second-order valence-corrected chi connectivity index (χ2v) is 4.02. The first-order chi connectivity index (χ1) is 9.52. The van der Waals surface area contributed by atoms with Crippen LogP contribution in [0, 0.1) is 11.6 Å². The standard InChI is InChI=1S/C14H12F2N2O2/c1-20-14(19)9-7-8(5-6-12(9)17)18-13-10(15)3-2-4-11(13)16/h2-7,18H,17H2,1H3. The number of nitrogen functional groups attached to an aromatic ring is 1. The molecule has 0 radical (unpaired) electrons. The molecule has 2 aromatic carbocycles. The van der Waals surface area contributed by atoms with E-state index in [0.29, 0.717) is 5.69 Å². The zero-order valence-corrected chi connectivity index (χ0v) is 10.6. The van der Waals surface area contributed by atoms with Crippen LogP contribution in [-0.2, 0) is 4.74 Å². The first-order valence-electron chi connectivity index (χ1n) is 5.72. The number of para-hydroxylation sites is 1. The average molecular weight is 278 g/mol. The highest BCUT2D eigenvalue weighted by molar-refractivity contribution is 5.96. The van der Waals surface area contributed by atoms with Gasteiger partial charge >= 0.3 is 5.97 Å². The monoisotopic (exact) mass is 278 g/mol. The summed E-state index contributed by atoms with van der Waals surface area (Å²) in [5.74, 6) is -2.09. The summed E-state index contributed by atoms with van der Waals surface area (Å²) in [7, 11) is 1.22. The van der Waals surface area contributed by atoms with Gasteiger partial charge in [-0.15, -0.1) is 0 Å². The number of halogens is 2. The van der Waals surface area contributed by atoms with E-state index in [0.717, 1.165) is 12.1 Å². The lowest BCUT2D eigenvalue weighted by atomic mass is 10.1. The fraction of sp³-hybridized carbons (Fsp3) is 0.0714. The van der Waals surface area contributed by atoms with Crippen LogP contribution in [-0.4, -0.2) is 13.1 Å². The molecule has 2 aromatic rings. The van der Waals surface area contributed by atoms with Crippen LogP contribution in [0.3, 0.4) is 0 Å². The summed E-state index contributed by atoms with van der Waals surface area (Å²) in [5.41, 5.74) is 6.01. The number of hydrogen-bond donors (Lipinski definition) is 2. The topological polar surface area (TPSA) is 64.3 Å². The molecule has 2 rings (SSSR count). The Morgan fingerprint density at radius 3 is 2.45 bits per heavy atom. The van der Waals surface area contributed by atoms with Gasteiger partial charge in [0.05, 0.1) is 12.7 Å². The highest BCUT2D eigenvalue weighted by Crippen LogP contribution is 2.25. The van der Waals surface area contributed by atoms with Crippen molar-refractivity contribution in [3.63, 3.8) is 0 Å². The number of hydrogen-bond acceptors (Lipinski definition) is 4. The molecule has 4 nitrogen and oxygen atoms in total. The van der Waals surface area contributed by atoms with E-state index in [1.54, 1.807) is 0 Å². The van der Waals surface area contributed by atoms with Gasteiger partial charge in [-0.05, 0) is 30.3 Å². The molecule has 0 fully saturated rings. The number of carbonyl (C=O) groups is 1. The lowest BCUT2D eigenvalue weighted by molar-refractivity contribution is 0.0602. The SMILES string of the molecule is COC(=O)c1cc(Nc2c(F)cccc2F)ccc1N. The predicted octanol–water partition coefficient (Wildman–Crippen LogP) is 3.08. The van der Waals surface area contributed by atoms with Crippen molar-refractivity contribution in [1.29, 1.82) is 0 Å². The first kappa shape index (κ1) is 13.8. The Balaban J connectivity index is 2.37. The van der Waals surface area contributed by atoms with E-state index < -0.39 is 17.6 Å². The van der Waals surface area contributed by atoms with E-state index in [1.165, 1.54) is 31.4 Å². The number of benzene rings is 2. The fourth-order valence-electron chi connectivity index (χ4n) is 1.68. The smallest absolute Gasteiger partial charge is 0.340 e. The molecule has 0 aliphatic carbocycles. The summed E-state index contributed by atoms with van der Waals surface area (Å²) in [6, 6.07) is 7.85. The molecule has 3 N–H and O–H groups in total. The Kier molecular flexibility index (Phi) is 3.84. The van der Waals surface area contributed by atoms with E-state index in [2.05, 4.69) is 10.1 Å². The largest absolute Gasteiger partial charge is 0.465 e. The second-order valence-electron chi connectivity index (χ2n) is 4.02. The van der Waals surface area contributed by atoms with E-state index >= 15 is 0 Å². The predicted molar refractivity (Wildman–Crippen MR) is 71.8 cm³/mol. The normalized spacial score (nSPS) is 10.2. The molecule has 0 aliphatic heterocycles. The van der Waals surface area contributed by atoms with Gasteiger partial charge < -0.3 is 15.8 Å². The van der Waals surface area contributed by atoms with Crippen molar-refractivity contribution in [2.45, 2.75) is 0 Å². The van der Waals surface area contributed by atoms with Crippen LogP contribution in [0.2, 0.25) is 0 Å². The Bertz CT molecular complexity index is 639. The van der Waals surface area contributed by atoms with Crippen molar-refractivity contribution in [2.75, 3.05) is 18.2 Å². The second kappa shape index (κ2) is 5.56. The number of carbonyl (C=O) groups excluding carboxylic acids is 1. The van der Waals surface area contributed by atoms with Gasteiger partial charge in [0.15, 0.2) is 0 Å². The summed E-state index contributed by atoms with van der Waals surface area (Å²) in [6.07, 6.45) is 0. The lowest BCUT2D eigenvalue weighted by Crippen LogP contribution is -2.06. The van der Waals surface area contributed by atoms with Crippen LogP contribution >= 0.6 is 0 Å². The van der Waals surface area contributed by atoms with Crippen LogP contribution in [0.4, 0.5) is 25.8 Å². The maximum atomic E-state index is 13.5. The molecule has 0 aromatic heterocycles. The van der Waals surface area contributed by atoms with Crippen molar-refractivity contribution in [1.82, 2.24) is 0 Å². The molecule has 6 heteroatoms. The van der Waals surface area contributed by atoms with Crippen molar-refractivity contribution in [3.05, 3.63) is 53.6 Å². The Morgan fingerprint density at radius 2 is 1.85 bits per heavy atom. The summed E-state index contributed by atoms with van der Waals surface area (Å²) in [4.78, 5) is 11.5. The van der Waals surface area contributed by atoms with Gasteiger partial charge in [-0.1, -0.05) is 6.07 Å². The zero-order chi connectivity index (χ0) is 14.7. The molecule has 0 aliphatic rings. The maximum absolute atomic E-state index is 13.5. The molecule has 0 heterocycles. The summed E-state index contributed by atoms with van der Waals surface area (Å²) in [5, 5.41) is 2.57. The summed E-state index contributed by atoms with van der Waals surface area (Å²) < 4.78 is 31.6. The highest BCUT2D eigenvalue weighted by Gasteiger charge is 2.13. The van der Waals surface area contributed by atoms with Gasteiger partial charge in [0.2, 0.25) is 0 Å². The van der Waals surface area contributed by atoms with Crippen LogP contribution in [0.15, 0.2) is 36.4 Å². The average Bonchev–Trinajstić information content (AvgIpc) is 2.44. The van der Waals surface area contributed by atoms with E-state index in [-0.39, 0.29) is 16.9 Å². The molecular weight excluding hydrogens is 266 g/mol. The number of esters is 1. The summed E-state index contributed by atoms with van der Waals surface area (Å²) in [6.45, 7) is 0. The molecule has 0 atom stereocenters. The van der Waals surface area contributed by atoms with E-state index in [4.69, 9.17) is 5.73 Å². The number of methoxy groups -OCH3 is 1. The van der Waals surface area contributed by atoms with Gasteiger partial charge in [-0.25, -0.2) is 13.6 Å². The quantitative estimate of drug-likeness (QED) is 0.669. The Hall–Kier alpha value is -2.63. The number of nitrogens with two attached hydrogens (primary N) is 1. The Morgan fingerprint density at radius 1 is 1.20 bits per heavy atom. The number of nitrogens with one attached hydrogen (secondary N) is 1. The highest BCUT2D eigenvalue weighted by atomic mass is 19.1. The molecule has 104 valence electrons. The van der Waals surface area contributed by atoms with Crippen LogP contribution in [0.1, 0.15) is 10.4 Å². The van der Waals surface area contributed by atoms with Gasteiger partial charge in [0.25, 0.3) is 0 Å². The first-order valence-corrected chi connectivity index (χ1v) is 5.72. The van der Waals surface area contributed by atoms with Crippen LogP contribution in [0.5, 0.6) is 0 Å². The van der Waals surface area contributed by atoms with Crippen molar-refractivity contribution < 1.29 is 18.3 Å². The van der Waals surface area contributed by atoms with Crippen molar-refractivity contribution in [2.24, 2.45) is 0 Å². The molecule has 0 saturated heterocycles. The van der Waals surface area contributed by atoms with Gasteiger partial charge in [0.1, 0.15) is 17.3 Å². The lowest BCUT2D eigenvalue weighted by Gasteiger charge is -2.11. The molecule has 0 spiro atoms. The minimum Gasteiger partial charge on any atom is -0.465 e. The summed E-state index contributed by atoms with van der Waals surface area (Å²) >= 11 is 0. The number of anilines is 3. The van der Waals surface area contributed by atoms with Crippen LogP contribution < -0.4 is 11.1 Å². The third kappa shape index (κ3) is 2.69. The van der Waals surface area contributed by atoms with Crippen molar-refractivity contribution >= 4 is 23.0 Å². The molecule has 0 bridgehead atoms. The number of rotatable bonds is 3. The fourth-order valence-corrected chi connectivity index (χ4v) is 1.68. The molecule has 0 unspecified atom stereocenters. The van der Waals surface area contributed by atoms with Gasteiger partial charge in [-0.3, -0.25) is 0 Å². The third-order valence-electron chi connectivity index (χ3n) is 2.69. The maximum Gasteiger partial charge on any atom is 0.340 e. The Labute approximate surface area is 114 Å². The van der Waals surface area contributed by atoms with Gasteiger partial charge in [0, 0.05) is 11.4 Å². The molecular formula is C14H12F2N2O2. The molecule has 0 amide bonds.